The summed E-state index contributed by atoms with van der Waals surface area (Å²) in [5.41, 5.74) is 3.58. The van der Waals surface area contributed by atoms with Gasteiger partial charge in [0.1, 0.15) is 16.8 Å². The summed E-state index contributed by atoms with van der Waals surface area (Å²) in [4.78, 5) is 32.2. The van der Waals surface area contributed by atoms with Crippen molar-refractivity contribution in [2.75, 3.05) is 19.0 Å². The Balaban J connectivity index is 1.36. The third kappa shape index (κ3) is 5.61. The molecule has 34 heavy (non-hydrogen) atoms. The van der Waals surface area contributed by atoms with Crippen LogP contribution in [0.25, 0.3) is 0 Å². The van der Waals surface area contributed by atoms with Gasteiger partial charge in [0.05, 0.1) is 19.2 Å². The van der Waals surface area contributed by atoms with Crippen molar-refractivity contribution in [3.8, 4) is 11.8 Å². The Hall–Kier alpha value is -3.70. The molecule has 1 aliphatic heterocycles. The number of carbonyl (C=O) groups excluding carboxylic acids is 2. The van der Waals surface area contributed by atoms with E-state index in [1.807, 2.05) is 41.3 Å². The molecule has 0 unspecified atom stereocenters. The number of benzene rings is 1. The first-order valence-electron chi connectivity index (χ1n) is 11.2. The van der Waals surface area contributed by atoms with Gasteiger partial charge in [0, 0.05) is 36.7 Å². The molecule has 7 nitrogen and oxygen atoms in total. The molecule has 3 aromatic rings. The number of carbonyl (C=O) groups is 2. The Morgan fingerprint density at radius 3 is 2.74 bits per heavy atom. The fraction of sp³-hybridized carbons (Fsp3) is 0.308. The molecule has 8 heteroatoms. The minimum Gasteiger partial charge on any atom is -0.497 e. The van der Waals surface area contributed by atoms with Crippen molar-refractivity contribution in [3.05, 3.63) is 75.9 Å². The molecule has 0 aliphatic carbocycles. The molecule has 1 aromatic carbocycles. The largest absolute Gasteiger partial charge is 0.497 e. The summed E-state index contributed by atoms with van der Waals surface area (Å²) in [6.45, 7) is 1.06. The van der Waals surface area contributed by atoms with Crippen LogP contribution in [0.4, 0.5) is 5.00 Å². The Morgan fingerprint density at radius 1 is 1.18 bits per heavy atom. The van der Waals surface area contributed by atoms with Crippen molar-refractivity contribution < 1.29 is 14.3 Å². The highest BCUT2D eigenvalue weighted by atomic mass is 32.1. The summed E-state index contributed by atoms with van der Waals surface area (Å²) >= 11 is 1.40. The summed E-state index contributed by atoms with van der Waals surface area (Å²) in [5.74, 6) is 0.719. The van der Waals surface area contributed by atoms with Gasteiger partial charge in [0.25, 0.3) is 0 Å². The van der Waals surface area contributed by atoms with Crippen LogP contribution in [0.1, 0.15) is 40.0 Å². The van der Waals surface area contributed by atoms with E-state index in [1.165, 1.54) is 11.3 Å². The maximum absolute atomic E-state index is 12.8. The number of nitriles is 1. The van der Waals surface area contributed by atoms with Crippen LogP contribution in [0.5, 0.6) is 5.75 Å². The average Bonchev–Trinajstić information content (AvgIpc) is 3.22. The van der Waals surface area contributed by atoms with Gasteiger partial charge in [-0.1, -0.05) is 12.1 Å². The van der Waals surface area contributed by atoms with Gasteiger partial charge in [-0.25, -0.2) is 0 Å². The molecule has 0 fully saturated rings. The minimum absolute atomic E-state index is 0.0956. The molecule has 0 spiro atoms. The number of pyridine rings is 1. The van der Waals surface area contributed by atoms with Crippen LogP contribution in [0.3, 0.4) is 0 Å². The van der Waals surface area contributed by atoms with Gasteiger partial charge in [0.2, 0.25) is 11.8 Å². The normalized spacial score (nSPS) is 12.5. The van der Waals surface area contributed by atoms with Crippen LogP contribution < -0.4 is 10.1 Å². The Morgan fingerprint density at radius 2 is 1.97 bits per heavy atom. The monoisotopic (exact) mass is 474 g/mol. The second kappa shape index (κ2) is 10.9. The van der Waals surface area contributed by atoms with Crippen LogP contribution in [0.2, 0.25) is 0 Å². The molecule has 0 bridgehead atoms. The summed E-state index contributed by atoms with van der Waals surface area (Å²) in [6, 6.07) is 13.7. The van der Waals surface area contributed by atoms with E-state index in [4.69, 9.17) is 4.74 Å². The van der Waals surface area contributed by atoms with Crippen molar-refractivity contribution >= 4 is 28.2 Å². The maximum atomic E-state index is 12.8. The Bertz CT molecular complexity index is 1220. The number of nitrogens with zero attached hydrogens (tertiary/aromatic N) is 3. The number of aryl methyl sites for hydroxylation is 2. The predicted molar refractivity (Wildman–Crippen MR) is 131 cm³/mol. The molecule has 1 N–H and O–H groups in total. The lowest BCUT2D eigenvalue weighted by atomic mass is 10.0. The summed E-state index contributed by atoms with van der Waals surface area (Å²) in [5, 5.41) is 13.2. The first-order valence-corrected chi connectivity index (χ1v) is 12.0. The molecular formula is C26H26N4O3S. The standard InChI is InChI=1S/C26H26N4O3S/c1-33-20-4-2-3-19(15-20)5-7-24(31)29-26-22(16-27)21-11-14-30(17-23(21)34-26)25(32)8-6-18-9-12-28-13-10-18/h2-4,9-10,12-13,15H,5-8,11,14,17H2,1H3,(H,29,31). The lowest BCUT2D eigenvalue weighted by Crippen LogP contribution is -2.35. The number of hydrogen-bond donors (Lipinski definition) is 1. The molecular weight excluding hydrogens is 448 g/mol. The van der Waals surface area contributed by atoms with E-state index in [1.54, 1.807) is 19.5 Å². The van der Waals surface area contributed by atoms with Crippen molar-refractivity contribution in [2.45, 2.75) is 38.6 Å². The van der Waals surface area contributed by atoms with E-state index in [2.05, 4.69) is 16.4 Å². The second-order valence-electron chi connectivity index (χ2n) is 8.14. The van der Waals surface area contributed by atoms with Crippen LogP contribution in [0.15, 0.2) is 48.8 Å². The number of anilines is 1. The molecule has 4 rings (SSSR count). The average molecular weight is 475 g/mol. The first kappa shape index (κ1) is 23.5. The maximum Gasteiger partial charge on any atom is 0.225 e. The highest BCUT2D eigenvalue weighted by Gasteiger charge is 2.27. The molecule has 2 aromatic heterocycles. The zero-order chi connectivity index (χ0) is 23.9. The first-order chi connectivity index (χ1) is 16.6. The van der Waals surface area contributed by atoms with E-state index in [0.717, 1.165) is 27.3 Å². The number of aromatic nitrogens is 1. The van der Waals surface area contributed by atoms with Crippen LogP contribution in [0, 0.1) is 11.3 Å². The zero-order valence-electron chi connectivity index (χ0n) is 19.0. The number of thiophene rings is 1. The topological polar surface area (TPSA) is 95.3 Å². The zero-order valence-corrected chi connectivity index (χ0v) is 19.9. The van der Waals surface area contributed by atoms with Crippen LogP contribution >= 0.6 is 11.3 Å². The number of rotatable bonds is 8. The third-order valence-electron chi connectivity index (χ3n) is 5.93. The molecule has 3 heterocycles. The highest BCUT2D eigenvalue weighted by Crippen LogP contribution is 2.37. The molecule has 0 saturated heterocycles. The fourth-order valence-electron chi connectivity index (χ4n) is 4.06. The van der Waals surface area contributed by atoms with Gasteiger partial charge in [0.15, 0.2) is 0 Å². The van der Waals surface area contributed by atoms with E-state index in [0.29, 0.717) is 55.8 Å². The van der Waals surface area contributed by atoms with Gasteiger partial charge in [-0.05, 0) is 60.2 Å². The SMILES string of the molecule is COc1cccc(CCC(=O)Nc2sc3c(c2C#N)CCN(C(=O)CCc2ccncc2)C3)c1. The van der Waals surface area contributed by atoms with Crippen LogP contribution in [-0.4, -0.2) is 35.4 Å². The lowest BCUT2D eigenvalue weighted by molar-refractivity contribution is -0.132. The predicted octanol–water partition coefficient (Wildman–Crippen LogP) is 4.11. The number of amides is 2. The molecule has 1 aliphatic rings. The van der Waals surface area contributed by atoms with Crippen molar-refractivity contribution in [1.29, 1.82) is 5.26 Å². The Labute approximate surface area is 203 Å². The smallest absolute Gasteiger partial charge is 0.225 e. The summed E-state index contributed by atoms with van der Waals surface area (Å²) in [7, 11) is 1.61. The van der Waals surface area contributed by atoms with Crippen LogP contribution in [-0.2, 0) is 35.4 Å². The second-order valence-corrected chi connectivity index (χ2v) is 9.25. The van der Waals surface area contributed by atoms with Gasteiger partial charge in [-0.15, -0.1) is 11.3 Å². The van der Waals surface area contributed by atoms with E-state index < -0.39 is 0 Å². The van der Waals surface area contributed by atoms with Crippen molar-refractivity contribution in [1.82, 2.24) is 9.88 Å². The van der Waals surface area contributed by atoms with E-state index in [-0.39, 0.29) is 11.8 Å². The quantitative estimate of drug-likeness (QED) is 0.530. The van der Waals surface area contributed by atoms with Gasteiger partial charge in [-0.2, -0.15) is 5.26 Å². The van der Waals surface area contributed by atoms with Gasteiger partial charge < -0.3 is 15.0 Å². The molecule has 2 amide bonds. The number of methoxy groups -OCH3 is 1. The highest BCUT2D eigenvalue weighted by molar-refractivity contribution is 7.16. The van der Waals surface area contributed by atoms with Crippen molar-refractivity contribution in [3.63, 3.8) is 0 Å². The molecule has 0 saturated carbocycles. The molecule has 0 radical (unpaired) electrons. The minimum atomic E-state index is -0.136. The van der Waals surface area contributed by atoms with Gasteiger partial charge >= 0.3 is 0 Å². The fourth-order valence-corrected chi connectivity index (χ4v) is 5.29. The third-order valence-corrected chi connectivity index (χ3v) is 7.06. The summed E-state index contributed by atoms with van der Waals surface area (Å²) in [6.07, 6.45) is 6.07. The number of hydrogen-bond acceptors (Lipinski definition) is 6. The molecule has 174 valence electrons. The van der Waals surface area contributed by atoms with Crippen molar-refractivity contribution in [2.24, 2.45) is 0 Å². The van der Waals surface area contributed by atoms with Gasteiger partial charge in [-0.3, -0.25) is 14.6 Å². The number of nitrogens with one attached hydrogen (secondary N) is 1. The van der Waals surface area contributed by atoms with E-state index >= 15 is 0 Å². The van der Waals surface area contributed by atoms with E-state index in [9.17, 15) is 14.9 Å². The summed E-state index contributed by atoms with van der Waals surface area (Å²) < 4.78 is 5.23. The number of fused-ring (bicyclic) bond motifs is 1. The molecule has 0 atom stereocenters. The lowest BCUT2D eigenvalue weighted by Gasteiger charge is -2.27. The Kier molecular flexibility index (Phi) is 7.55. The number of ether oxygens (including phenoxy) is 1.